The summed E-state index contributed by atoms with van der Waals surface area (Å²) >= 11 is 8.24. The molecule has 1 aromatic rings. The van der Waals surface area contributed by atoms with Gasteiger partial charge in [0.25, 0.3) is 0 Å². The molecule has 18 heavy (non-hydrogen) atoms. The fourth-order valence-electron chi connectivity index (χ4n) is 1.12. The van der Waals surface area contributed by atoms with Gasteiger partial charge in [0.15, 0.2) is 0 Å². The topological polar surface area (TPSA) is 64.3 Å². The molecule has 0 atom stereocenters. The number of nitrogens with two attached hydrogens (primary N) is 1. The van der Waals surface area contributed by atoms with Gasteiger partial charge < -0.3 is 15.8 Å². The van der Waals surface area contributed by atoms with Crippen molar-refractivity contribution < 1.29 is 9.53 Å². The highest BCUT2D eigenvalue weighted by atomic mass is 79.9. The normalized spacial score (nSPS) is 10.9. The first-order chi connectivity index (χ1) is 8.28. The Hall–Kier alpha value is -1.14. The average molecular weight is 331 g/mol. The molecule has 0 aliphatic rings. The molecule has 0 saturated heterocycles. The largest absolute Gasteiger partial charge is 0.497 e. The van der Waals surface area contributed by atoms with Gasteiger partial charge in [0.05, 0.1) is 23.2 Å². The van der Waals surface area contributed by atoms with Crippen LogP contribution in [0, 0.1) is 5.41 Å². The lowest BCUT2D eigenvalue weighted by molar-refractivity contribution is -0.121. The van der Waals surface area contributed by atoms with Gasteiger partial charge in [0.1, 0.15) is 5.75 Å². The highest BCUT2D eigenvalue weighted by Gasteiger charge is 2.31. The molecule has 1 amide bonds. The van der Waals surface area contributed by atoms with E-state index in [1.54, 1.807) is 39.2 Å². The van der Waals surface area contributed by atoms with Gasteiger partial charge in [0.2, 0.25) is 5.91 Å². The van der Waals surface area contributed by atoms with Crippen molar-refractivity contribution in [2.75, 3.05) is 12.4 Å². The average Bonchev–Trinajstić information content (AvgIpc) is 2.31. The van der Waals surface area contributed by atoms with Crippen molar-refractivity contribution >= 4 is 44.7 Å². The lowest BCUT2D eigenvalue weighted by atomic mass is 9.92. The maximum absolute atomic E-state index is 12.1. The van der Waals surface area contributed by atoms with Crippen LogP contribution >= 0.6 is 28.1 Å². The van der Waals surface area contributed by atoms with Crippen molar-refractivity contribution in [3.8, 4) is 5.75 Å². The van der Waals surface area contributed by atoms with E-state index in [0.717, 1.165) is 4.47 Å². The SMILES string of the molecule is COc1ccc(Br)c(NC(=O)C(C)(C)C(N)=S)c1. The number of carbonyl (C=O) groups excluding carboxylic acids is 1. The fourth-order valence-corrected chi connectivity index (χ4v) is 1.56. The Labute approximate surface area is 120 Å². The van der Waals surface area contributed by atoms with Crippen LogP contribution in [0.5, 0.6) is 5.75 Å². The van der Waals surface area contributed by atoms with Gasteiger partial charge in [-0.2, -0.15) is 0 Å². The van der Waals surface area contributed by atoms with Crippen LogP contribution in [0.25, 0.3) is 0 Å². The number of anilines is 1. The summed E-state index contributed by atoms with van der Waals surface area (Å²) < 4.78 is 5.86. The molecule has 0 fully saturated rings. The molecular weight excluding hydrogens is 316 g/mol. The Balaban J connectivity index is 2.98. The quantitative estimate of drug-likeness (QED) is 0.833. The Morgan fingerprint density at radius 2 is 2.11 bits per heavy atom. The smallest absolute Gasteiger partial charge is 0.236 e. The molecule has 0 aromatic heterocycles. The third kappa shape index (κ3) is 3.20. The molecule has 0 spiro atoms. The van der Waals surface area contributed by atoms with Crippen LogP contribution < -0.4 is 15.8 Å². The van der Waals surface area contributed by atoms with Gasteiger partial charge in [-0.05, 0) is 41.9 Å². The third-order valence-electron chi connectivity index (χ3n) is 2.61. The number of carbonyl (C=O) groups is 1. The fraction of sp³-hybridized carbons (Fsp3) is 0.333. The second kappa shape index (κ2) is 5.67. The Morgan fingerprint density at radius 3 is 2.61 bits per heavy atom. The zero-order chi connectivity index (χ0) is 13.9. The third-order valence-corrected chi connectivity index (χ3v) is 3.81. The van der Waals surface area contributed by atoms with Crippen LogP contribution in [-0.4, -0.2) is 18.0 Å². The Kier molecular flexibility index (Phi) is 4.70. The van der Waals surface area contributed by atoms with E-state index in [2.05, 4.69) is 21.2 Å². The summed E-state index contributed by atoms with van der Waals surface area (Å²) in [6.07, 6.45) is 0. The number of nitrogens with one attached hydrogen (secondary N) is 1. The van der Waals surface area contributed by atoms with Gasteiger partial charge in [0, 0.05) is 10.5 Å². The van der Waals surface area contributed by atoms with E-state index in [4.69, 9.17) is 22.7 Å². The molecule has 3 N–H and O–H groups in total. The zero-order valence-corrected chi connectivity index (χ0v) is 12.8. The monoisotopic (exact) mass is 330 g/mol. The van der Waals surface area contributed by atoms with E-state index in [9.17, 15) is 4.79 Å². The molecule has 6 heteroatoms. The van der Waals surface area contributed by atoms with Crippen molar-refractivity contribution in [1.82, 2.24) is 0 Å². The van der Waals surface area contributed by atoms with Crippen molar-refractivity contribution in [3.05, 3.63) is 22.7 Å². The first-order valence-electron chi connectivity index (χ1n) is 5.24. The van der Waals surface area contributed by atoms with E-state index in [1.807, 2.05) is 0 Å². The highest BCUT2D eigenvalue weighted by Crippen LogP contribution is 2.29. The molecule has 0 aliphatic carbocycles. The predicted octanol–water partition coefficient (Wildman–Crippen LogP) is 2.71. The van der Waals surface area contributed by atoms with Crippen LogP contribution in [0.2, 0.25) is 0 Å². The summed E-state index contributed by atoms with van der Waals surface area (Å²) in [6.45, 7) is 3.36. The van der Waals surface area contributed by atoms with Gasteiger partial charge in [-0.25, -0.2) is 0 Å². The summed E-state index contributed by atoms with van der Waals surface area (Å²) in [4.78, 5) is 12.2. The standard InChI is InChI=1S/C12H15BrN2O2S/c1-12(2,10(14)18)11(16)15-9-6-7(17-3)4-5-8(9)13/h4-6H,1-3H3,(H2,14,18)(H,15,16). The predicted molar refractivity (Wildman–Crippen MR) is 79.9 cm³/mol. The Morgan fingerprint density at radius 1 is 1.50 bits per heavy atom. The van der Waals surface area contributed by atoms with E-state index in [0.29, 0.717) is 11.4 Å². The summed E-state index contributed by atoms with van der Waals surface area (Å²) in [7, 11) is 1.56. The molecule has 0 unspecified atom stereocenters. The minimum absolute atomic E-state index is 0.152. The first kappa shape index (κ1) is 14.9. The van der Waals surface area contributed by atoms with Gasteiger partial charge in [-0.15, -0.1) is 0 Å². The van der Waals surface area contributed by atoms with Crippen molar-refractivity contribution in [2.24, 2.45) is 11.1 Å². The summed E-state index contributed by atoms with van der Waals surface area (Å²) in [6, 6.07) is 5.30. The number of benzene rings is 1. The zero-order valence-electron chi connectivity index (χ0n) is 10.4. The number of ether oxygens (including phenoxy) is 1. The lowest BCUT2D eigenvalue weighted by Gasteiger charge is -2.22. The van der Waals surface area contributed by atoms with Crippen molar-refractivity contribution in [2.45, 2.75) is 13.8 Å². The first-order valence-corrected chi connectivity index (χ1v) is 6.44. The number of amides is 1. The Bertz CT molecular complexity index is 489. The number of halogens is 1. The molecule has 0 saturated carbocycles. The molecule has 0 radical (unpaired) electrons. The summed E-state index contributed by atoms with van der Waals surface area (Å²) in [5.74, 6) is 0.394. The number of rotatable bonds is 4. The molecule has 0 heterocycles. The molecule has 4 nitrogen and oxygen atoms in total. The number of hydrogen-bond acceptors (Lipinski definition) is 3. The second-order valence-electron chi connectivity index (χ2n) is 4.29. The summed E-state index contributed by atoms with van der Waals surface area (Å²) in [5, 5.41) is 2.77. The van der Waals surface area contributed by atoms with Crippen LogP contribution in [0.15, 0.2) is 22.7 Å². The van der Waals surface area contributed by atoms with Crippen molar-refractivity contribution in [3.63, 3.8) is 0 Å². The second-order valence-corrected chi connectivity index (χ2v) is 5.58. The number of thiocarbonyl (C=S) groups is 1. The maximum atomic E-state index is 12.1. The molecule has 98 valence electrons. The molecule has 0 aliphatic heterocycles. The minimum atomic E-state index is -0.905. The summed E-state index contributed by atoms with van der Waals surface area (Å²) in [5.41, 5.74) is 5.26. The minimum Gasteiger partial charge on any atom is -0.497 e. The highest BCUT2D eigenvalue weighted by molar-refractivity contribution is 9.10. The van der Waals surface area contributed by atoms with E-state index in [-0.39, 0.29) is 10.9 Å². The van der Waals surface area contributed by atoms with E-state index >= 15 is 0 Å². The number of methoxy groups -OCH3 is 1. The maximum Gasteiger partial charge on any atom is 0.236 e. The van der Waals surface area contributed by atoms with Gasteiger partial charge in [-0.3, -0.25) is 4.79 Å². The number of hydrogen-bond donors (Lipinski definition) is 2. The molecule has 1 rings (SSSR count). The lowest BCUT2D eigenvalue weighted by Crippen LogP contribution is -2.41. The van der Waals surface area contributed by atoms with Crippen molar-refractivity contribution in [1.29, 1.82) is 0 Å². The van der Waals surface area contributed by atoms with Crippen LogP contribution in [0.4, 0.5) is 5.69 Å². The molecule has 0 bridgehead atoms. The van der Waals surface area contributed by atoms with Gasteiger partial charge >= 0.3 is 0 Å². The van der Waals surface area contributed by atoms with Crippen LogP contribution in [0.3, 0.4) is 0 Å². The molecular formula is C12H15BrN2O2S. The van der Waals surface area contributed by atoms with E-state index < -0.39 is 5.41 Å². The molecule has 1 aromatic carbocycles. The van der Waals surface area contributed by atoms with Gasteiger partial charge in [-0.1, -0.05) is 12.2 Å². The van der Waals surface area contributed by atoms with Crippen LogP contribution in [0.1, 0.15) is 13.8 Å². The van der Waals surface area contributed by atoms with E-state index in [1.165, 1.54) is 0 Å². The van der Waals surface area contributed by atoms with Crippen LogP contribution in [-0.2, 0) is 4.79 Å².